The lowest BCUT2D eigenvalue weighted by Gasteiger charge is -2.07. The maximum absolute atomic E-state index is 12.1. The van der Waals surface area contributed by atoms with E-state index in [2.05, 4.69) is 5.32 Å². The third-order valence-electron chi connectivity index (χ3n) is 3.78. The molecule has 0 atom stereocenters. The Kier molecular flexibility index (Phi) is 6.46. The molecule has 0 aliphatic heterocycles. The third-order valence-corrected chi connectivity index (χ3v) is 3.78. The van der Waals surface area contributed by atoms with E-state index in [9.17, 15) is 14.4 Å². The number of rotatable bonds is 7. The summed E-state index contributed by atoms with van der Waals surface area (Å²) in [7, 11) is 0. The molecule has 5 heteroatoms. The number of amides is 1. The molecule has 2 rings (SSSR count). The highest BCUT2D eigenvalue weighted by Crippen LogP contribution is 2.09. The second-order valence-corrected chi connectivity index (χ2v) is 5.79. The van der Waals surface area contributed by atoms with E-state index >= 15 is 0 Å². The largest absolute Gasteiger partial charge is 0.457 e. The monoisotopic (exact) mass is 339 g/mol. The maximum Gasteiger partial charge on any atom is 0.310 e. The van der Waals surface area contributed by atoms with E-state index < -0.39 is 5.97 Å². The second-order valence-electron chi connectivity index (χ2n) is 5.79. The average Bonchev–Trinajstić information content (AvgIpc) is 2.60. The van der Waals surface area contributed by atoms with Crippen LogP contribution in [0.15, 0.2) is 48.5 Å². The van der Waals surface area contributed by atoms with Crippen molar-refractivity contribution >= 4 is 17.7 Å². The Labute approximate surface area is 147 Å². The van der Waals surface area contributed by atoms with Gasteiger partial charge in [0, 0.05) is 19.0 Å². The SMILES string of the molecule is CC(=O)NCc1ccc(C(=O)COC(=O)Cc2ccccc2C)cc1. The van der Waals surface area contributed by atoms with E-state index in [1.165, 1.54) is 6.92 Å². The van der Waals surface area contributed by atoms with Gasteiger partial charge in [0.05, 0.1) is 6.42 Å². The molecule has 0 aliphatic carbocycles. The maximum atomic E-state index is 12.1. The van der Waals surface area contributed by atoms with Gasteiger partial charge in [-0.3, -0.25) is 14.4 Å². The number of ether oxygens (including phenoxy) is 1. The first-order valence-corrected chi connectivity index (χ1v) is 8.02. The van der Waals surface area contributed by atoms with Gasteiger partial charge in [0.2, 0.25) is 5.91 Å². The van der Waals surface area contributed by atoms with E-state index in [1.807, 2.05) is 31.2 Å². The summed E-state index contributed by atoms with van der Waals surface area (Å²) in [6, 6.07) is 14.4. The molecule has 0 fully saturated rings. The summed E-state index contributed by atoms with van der Waals surface area (Å²) in [5.74, 6) is -0.796. The Morgan fingerprint density at radius 1 is 1.00 bits per heavy atom. The molecule has 0 saturated heterocycles. The number of hydrogen-bond donors (Lipinski definition) is 1. The molecule has 0 unspecified atom stereocenters. The molecule has 130 valence electrons. The lowest BCUT2D eigenvalue weighted by molar-refractivity contribution is -0.141. The zero-order valence-corrected chi connectivity index (χ0v) is 14.4. The zero-order chi connectivity index (χ0) is 18.2. The Bertz CT molecular complexity index is 766. The Hall–Kier alpha value is -2.95. The van der Waals surface area contributed by atoms with Crippen LogP contribution in [-0.4, -0.2) is 24.3 Å². The van der Waals surface area contributed by atoms with Crippen LogP contribution in [0.1, 0.15) is 34.0 Å². The van der Waals surface area contributed by atoms with Gasteiger partial charge in [0.25, 0.3) is 0 Å². The van der Waals surface area contributed by atoms with Gasteiger partial charge >= 0.3 is 5.97 Å². The summed E-state index contributed by atoms with van der Waals surface area (Å²) in [5.41, 5.74) is 3.27. The Morgan fingerprint density at radius 3 is 2.32 bits per heavy atom. The fraction of sp³-hybridized carbons (Fsp3) is 0.250. The van der Waals surface area contributed by atoms with Crippen LogP contribution in [0.2, 0.25) is 0 Å². The van der Waals surface area contributed by atoms with Crippen LogP contribution in [-0.2, 0) is 27.3 Å². The second kappa shape index (κ2) is 8.78. The van der Waals surface area contributed by atoms with Crippen LogP contribution in [0.4, 0.5) is 0 Å². The van der Waals surface area contributed by atoms with Crippen molar-refractivity contribution < 1.29 is 19.1 Å². The molecule has 2 aromatic carbocycles. The number of aryl methyl sites for hydroxylation is 1. The molecule has 0 aromatic heterocycles. The van der Waals surface area contributed by atoms with Crippen molar-refractivity contribution in [1.82, 2.24) is 5.32 Å². The Morgan fingerprint density at radius 2 is 1.68 bits per heavy atom. The molecule has 25 heavy (non-hydrogen) atoms. The van der Waals surface area contributed by atoms with Crippen molar-refractivity contribution in [1.29, 1.82) is 0 Å². The number of carbonyl (C=O) groups is 3. The van der Waals surface area contributed by atoms with Crippen LogP contribution >= 0.6 is 0 Å². The summed E-state index contributed by atoms with van der Waals surface area (Å²) in [6.07, 6.45) is 0.148. The highest BCUT2D eigenvalue weighted by Gasteiger charge is 2.11. The number of carbonyl (C=O) groups excluding carboxylic acids is 3. The number of ketones is 1. The predicted octanol–water partition coefficient (Wildman–Crippen LogP) is 2.60. The fourth-order valence-corrected chi connectivity index (χ4v) is 2.28. The first-order chi connectivity index (χ1) is 12.0. The van der Waals surface area contributed by atoms with Crippen molar-refractivity contribution in [3.63, 3.8) is 0 Å². The summed E-state index contributed by atoms with van der Waals surface area (Å²) < 4.78 is 5.08. The molecule has 0 radical (unpaired) electrons. The van der Waals surface area contributed by atoms with E-state index in [4.69, 9.17) is 4.74 Å². The van der Waals surface area contributed by atoms with E-state index in [-0.39, 0.29) is 24.7 Å². The summed E-state index contributed by atoms with van der Waals surface area (Å²) in [4.78, 5) is 34.9. The van der Waals surface area contributed by atoms with Crippen LogP contribution in [0.3, 0.4) is 0 Å². The quantitative estimate of drug-likeness (QED) is 0.622. The van der Waals surface area contributed by atoms with Crippen LogP contribution in [0, 0.1) is 6.92 Å². The molecular weight excluding hydrogens is 318 g/mol. The minimum atomic E-state index is -0.426. The number of benzene rings is 2. The van der Waals surface area contributed by atoms with Crippen LogP contribution < -0.4 is 5.32 Å². The van der Waals surface area contributed by atoms with Crippen molar-refractivity contribution in [3.05, 3.63) is 70.8 Å². The highest BCUT2D eigenvalue weighted by molar-refractivity contribution is 5.98. The van der Waals surface area contributed by atoms with Gasteiger partial charge in [0.1, 0.15) is 0 Å². The molecule has 2 aromatic rings. The molecule has 0 heterocycles. The molecule has 0 aliphatic rings. The smallest absolute Gasteiger partial charge is 0.310 e. The van der Waals surface area contributed by atoms with E-state index in [0.717, 1.165) is 16.7 Å². The van der Waals surface area contributed by atoms with E-state index in [0.29, 0.717) is 12.1 Å². The van der Waals surface area contributed by atoms with E-state index in [1.54, 1.807) is 24.3 Å². The molecule has 0 bridgehead atoms. The highest BCUT2D eigenvalue weighted by atomic mass is 16.5. The van der Waals surface area contributed by atoms with Gasteiger partial charge in [-0.2, -0.15) is 0 Å². The van der Waals surface area contributed by atoms with Crippen LogP contribution in [0.5, 0.6) is 0 Å². The summed E-state index contributed by atoms with van der Waals surface area (Å²) in [6.45, 7) is 3.50. The molecule has 0 spiro atoms. The first-order valence-electron chi connectivity index (χ1n) is 8.02. The normalized spacial score (nSPS) is 10.2. The number of esters is 1. The summed E-state index contributed by atoms with van der Waals surface area (Å²) >= 11 is 0. The third kappa shape index (κ3) is 5.88. The standard InChI is InChI=1S/C20H21NO4/c1-14-5-3-4-6-18(14)11-20(24)25-13-19(23)17-9-7-16(8-10-17)12-21-15(2)22/h3-10H,11-13H2,1-2H3,(H,21,22). The fourth-order valence-electron chi connectivity index (χ4n) is 2.28. The van der Waals surface area contributed by atoms with Crippen LogP contribution in [0.25, 0.3) is 0 Å². The number of hydrogen-bond acceptors (Lipinski definition) is 4. The topological polar surface area (TPSA) is 72.5 Å². The lowest BCUT2D eigenvalue weighted by Crippen LogP contribution is -2.19. The van der Waals surface area contributed by atoms with Gasteiger partial charge in [-0.25, -0.2) is 0 Å². The number of Topliss-reactive ketones (excluding diaryl/α,β-unsaturated/α-hetero) is 1. The lowest BCUT2D eigenvalue weighted by atomic mass is 10.1. The van der Waals surface area contributed by atoms with Crippen molar-refractivity contribution in [2.75, 3.05) is 6.61 Å². The molecule has 1 amide bonds. The average molecular weight is 339 g/mol. The van der Waals surface area contributed by atoms with Crippen molar-refractivity contribution in [2.24, 2.45) is 0 Å². The van der Waals surface area contributed by atoms with Gasteiger partial charge in [-0.15, -0.1) is 0 Å². The summed E-state index contributed by atoms with van der Waals surface area (Å²) in [5, 5.41) is 2.69. The van der Waals surface area contributed by atoms with Gasteiger partial charge in [0.15, 0.2) is 12.4 Å². The molecular formula is C20H21NO4. The first kappa shape index (κ1) is 18.4. The number of nitrogens with one attached hydrogen (secondary N) is 1. The Balaban J connectivity index is 1.84. The molecule has 0 saturated carbocycles. The van der Waals surface area contributed by atoms with Gasteiger partial charge < -0.3 is 10.1 Å². The van der Waals surface area contributed by atoms with Crippen molar-refractivity contribution in [2.45, 2.75) is 26.8 Å². The predicted molar refractivity (Wildman–Crippen MR) is 94.1 cm³/mol. The zero-order valence-electron chi connectivity index (χ0n) is 14.4. The van der Waals surface area contributed by atoms with Gasteiger partial charge in [-0.1, -0.05) is 48.5 Å². The van der Waals surface area contributed by atoms with Crippen molar-refractivity contribution in [3.8, 4) is 0 Å². The van der Waals surface area contributed by atoms with Gasteiger partial charge in [-0.05, 0) is 23.6 Å². The minimum Gasteiger partial charge on any atom is -0.457 e. The molecule has 1 N–H and O–H groups in total. The minimum absolute atomic E-state index is 0.110. The molecule has 5 nitrogen and oxygen atoms in total.